The molecule has 0 bridgehead atoms. The van der Waals surface area contributed by atoms with Gasteiger partial charge >= 0.3 is 0 Å². The van der Waals surface area contributed by atoms with Gasteiger partial charge in [-0.2, -0.15) is 4.31 Å². The van der Waals surface area contributed by atoms with Crippen molar-refractivity contribution >= 4 is 33.2 Å². The van der Waals surface area contributed by atoms with Crippen LogP contribution in [-0.4, -0.2) is 49.0 Å². The number of sulfonamides is 1. The number of halogens is 2. The van der Waals surface area contributed by atoms with Gasteiger partial charge in [0.25, 0.3) is 0 Å². The van der Waals surface area contributed by atoms with Gasteiger partial charge in [-0.25, -0.2) is 8.42 Å². The first kappa shape index (κ1) is 18.7. The lowest BCUT2D eigenvalue weighted by atomic mass is 10.2. The third-order valence-corrected chi connectivity index (χ3v) is 7.04. The molecule has 0 aliphatic carbocycles. The van der Waals surface area contributed by atoms with Crippen molar-refractivity contribution in [3.8, 4) is 0 Å². The van der Waals surface area contributed by atoms with Crippen LogP contribution in [0.3, 0.4) is 0 Å². The van der Waals surface area contributed by atoms with E-state index in [0.29, 0.717) is 54.2 Å². The Bertz CT molecular complexity index is 855. The number of aromatic nitrogens is 1. The first-order valence-corrected chi connectivity index (χ1v) is 10.1. The predicted molar refractivity (Wildman–Crippen MR) is 96.5 cm³/mol. The molecule has 1 aromatic heterocycles. The molecule has 25 heavy (non-hydrogen) atoms. The number of aryl methyl sites for hydroxylation is 2. The molecule has 2 heterocycles. The van der Waals surface area contributed by atoms with Crippen molar-refractivity contribution in [1.29, 1.82) is 0 Å². The van der Waals surface area contributed by atoms with Gasteiger partial charge in [-0.15, -0.1) is 0 Å². The Morgan fingerprint density at radius 2 is 1.84 bits per heavy atom. The van der Waals surface area contributed by atoms with E-state index < -0.39 is 10.0 Å². The quantitative estimate of drug-likeness (QED) is 0.784. The summed E-state index contributed by atoms with van der Waals surface area (Å²) in [5, 5.41) is 4.97. The van der Waals surface area contributed by atoms with E-state index in [4.69, 9.17) is 27.7 Å². The van der Waals surface area contributed by atoms with Crippen molar-refractivity contribution in [2.45, 2.75) is 25.3 Å². The van der Waals surface area contributed by atoms with E-state index in [1.165, 1.54) is 4.31 Å². The molecule has 1 aromatic carbocycles. The second-order valence-corrected chi connectivity index (χ2v) is 8.79. The van der Waals surface area contributed by atoms with Crippen LogP contribution in [0.15, 0.2) is 27.6 Å². The predicted octanol–water partition coefficient (Wildman–Crippen LogP) is 3.10. The summed E-state index contributed by atoms with van der Waals surface area (Å²) in [5.41, 5.74) is 1.38. The van der Waals surface area contributed by atoms with E-state index in [9.17, 15) is 8.42 Å². The van der Waals surface area contributed by atoms with Crippen molar-refractivity contribution in [3.05, 3.63) is 45.3 Å². The van der Waals surface area contributed by atoms with E-state index >= 15 is 0 Å². The molecule has 0 N–H and O–H groups in total. The molecule has 1 fully saturated rings. The van der Waals surface area contributed by atoms with Crippen LogP contribution in [0.25, 0.3) is 0 Å². The van der Waals surface area contributed by atoms with Gasteiger partial charge in [0.15, 0.2) is 5.76 Å². The highest BCUT2D eigenvalue weighted by atomic mass is 35.5. The molecule has 0 saturated carbocycles. The molecule has 0 atom stereocenters. The Morgan fingerprint density at radius 1 is 1.16 bits per heavy atom. The Morgan fingerprint density at radius 3 is 2.40 bits per heavy atom. The zero-order chi connectivity index (χ0) is 18.2. The molecular formula is C16H19Cl2N3O3S. The summed E-state index contributed by atoms with van der Waals surface area (Å²) in [6.45, 7) is 6.00. The lowest BCUT2D eigenvalue weighted by molar-refractivity contribution is 0.181. The molecule has 1 aliphatic heterocycles. The second-order valence-electron chi connectivity index (χ2n) is 6.07. The third kappa shape index (κ3) is 3.85. The maximum atomic E-state index is 12.8. The Balaban J connectivity index is 1.67. The van der Waals surface area contributed by atoms with Crippen molar-refractivity contribution in [2.75, 3.05) is 26.2 Å². The highest BCUT2D eigenvalue weighted by Gasteiger charge is 2.33. The van der Waals surface area contributed by atoms with E-state index in [2.05, 4.69) is 10.1 Å². The minimum absolute atomic E-state index is 0.182. The van der Waals surface area contributed by atoms with Crippen LogP contribution in [0.4, 0.5) is 0 Å². The SMILES string of the molecule is Cc1noc(C)c1S(=O)(=O)N1CCN(Cc2ccc(Cl)cc2Cl)CC1. The number of benzene rings is 1. The number of hydrogen-bond acceptors (Lipinski definition) is 5. The Labute approximate surface area is 157 Å². The van der Waals surface area contributed by atoms with Crippen LogP contribution in [-0.2, 0) is 16.6 Å². The van der Waals surface area contributed by atoms with Gasteiger partial charge in [0, 0.05) is 42.8 Å². The number of rotatable bonds is 4. The van der Waals surface area contributed by atoms with Gasteiger partial charge in [0.1, 0.15) is 10.6 Å². The average Bonchev–Trinajstić information content (AvgIpc) is 2.90. The molecule has 2 aromatic rings. The fourth-order valence-corrected chi connectivity index (χ4v) is 5.17. The van der Waals surface area contributed by atoms with Crippen LogP contribution < -0.4 is 0 Å². The summed E-state index contributed by atoms with van der Waals surface area (Å²) in [4.78, 5) is 2.36. The maximum Gasteiger partial charge on any atom is 0.248 e. The zero-order valence-electron chi connectivity index (χ0n) is 14.0. The topological polar surface area (TPSA) is 66.7 Å². The van der Waals surface area contributed by atoms with E-state index in [1.54, 1.807) is 26.0 Å². The summed E-state index contributed by atoms with van der Waals surface area (Å²) in [5.74, 6) is 0.327. The molecule has 0 spiro atoms. The molecule has 1 aliphatic rings. The van der Waals surface area contributed by atoms with Crippen LogP contribution in [0.2, 0.25) is 10.0 Å². The van der Waals surface area contributed by atoms with E-state index in [-0.39, 0.29) is 4.90 Å². The lowest BCUT2D eigenvalue weighted by Gasteiger charge is -2.34. The highest BCUT2D eigenvalue weighted by molar-refractivity contribution is 7.89. The first-order valence-electron chi connectivity index (χ1n) is 7.88. The van der Waals surface area contributed by atoms with Crippen molar-refractivity contribution in [1.82, 2.24) is 14.4 Å². The summed E-state index contributed by atoms with van der Waals surface area (Å²) in [7, 11) is -3.58. The largest absolute Gasteiger partial charge is 0.360 e. The smallest absolute Gasteiger partial charge is 0.248 e. The normalized spacial score (nSPS) is 17.1. The maximum absolute atomic E-state index is 12.8. The molecule has 0 radical (unpaired) electrons. The van der Waals surface area contributed by atoms with Crippen LogP contribution in [0.1, 0.15) is 17.0 Å². The highest BCUT2D eigenvalue weighted by Crippen LogP contribution is 2.26. The van der Waals surface area contributed by atoms with Crippen molar-refractivity contribution < 1.29 is 12.9 Å². The van der Waals surface area contributed by atoms with Crippen molar-refractivity contribution in [3.63, 3.8) is 0 Å². The van der Waals surface area contributed by atoms with E-state index in [1.807, 2.05) is 6.07 Å². The number of hydrogen-bond donors (Lipinski definition) is 0. The van der Waals surface area contributed by atoms with Crippen LogP contribution in [0.5, 0.6) is 0 Å². The molecule has 0 amide bonds. The fourth-order valence-electron chi connectivity index (χ4n) is 2.99. The molecule has 0 unspecified atom stereocenters. The molecular weight excluding hydrogens is 385 g/mol. The third-order valence-electron chi connectivity index (χ3n) is 4.31. The monoisotopic (exact) mass is 403 g/mol. The molecule has 136 valence electrons. The summed E-state index contributed by atoms with van der Waals surface area (Å²) < 4.78 is 32.1. The van der Waals surface area contributed by atoms with Gasteiger partial charge in [-0.1, -0.05) is 34.4 Å². The number of nitrogens with zero attached hydrogens (tertiary/aromatic N) is 3. The molecule has 6 nitrogen and oxygen atoms in total. The Kier molecular flexibility index (Phi) is 5.41. The minimum atomic E-state index is -3.58. The second kappa shape index (κ2) is 7.25. The summed E-state index contributed by atoms with van der Waals surface area (Å²) in [6.07, 6.45) is 0. The standard InChI is InChI=1S/C16H19Cl2N3O3S/c1-11-16(12(2)24-19-11)25(22,23)21-7-5-20(6-8-21)10-13-3-4-14(17)9-15(13)18/h3-4,9H,5-8,10H2,1-2H3. The van der Waals surface area contributed by atoms with Gasteiger partial charge < -0.3 is 4.52 Å². The van der Waals surface area contributed by atoms with Gasteiger partial charge in [0.2, 0.25) is 10.0 Å². The lowest BCUT2D eigenvalue weighted by Crippen LogP contribution is -2.48. The summed E-state index contributed by atoms with van der Waals surface area (Å²) in [6, 6.07) is 5.43. The molecule has 9 heteroatoms. The van der Waals surface area contributed by atoms with Crippen LogP contribution >= 0.6 is 23.2 Å². The average molecular weight is 404 g/mol. The summed E-state index contributed by atoms with van der Waals surface area (Å²) >= 11 is 12.1. The van der Waals surface area contributed by atoms with Crippen LogP contribution in [0, 0.1) is 13.8 Å². The van der Waals surface area contributed by atoms with Crippen molar-refractivity contribution in [2.24, 2.45) is 0 Å². The minimum Gasteiger partial charge on any atom is -0.360 e. The zero-order valence-corrected chi connectivity index (χ0v) is 16.3. The fraction of sp³-hybridized carbons (Fsp3) is 0.438. The van der Waals surface area contributed by atoms with Gasteiger partial charge in [-0.3, -0.25) is 4.90 Å². The first-order chi connectivity index (χ1) is 11.8. The Hall–Kier alpha value is -1.12. The molecule has 1 saturated heterocycles. The van der Waals surface area contributed by atoms with Gasteiger partial charge in [-0.05, 0) is 31.5 Å². The molecule has 3 rings (SSSR count). The van der Waals surface area contributed by atoms with E-state index in [0.717, 1.165) is 5.56 Å². The van der Waals surface area contributed by atoms with Gasteiger partial charge in [0.05, 0.1) is 0 Å². The number of piperazine rings is 1.